The zero-order chi connectivity index (χ0) is 10.5. The molecule has 72 valence electrons. The molecule has 0 spiro atoms. The molecule has 0 aromatic carbocycles. The summed E-state index contributed by atoms with van der Waals surface area (Å²) >= 11 is 1.52. The minimum atomic E-state index is 0.575. The van der Waals surface area contributed by atoms with E-state index in [4.69, 9.17) is 5.26 Å². The van der Waals surface area contributed by atoms with Crippen LogP contribution in [0, 0.1) is 11.3 Å². The van der Waals surface area contributed by atoms with Gasteiger partial charge in [0.2, 0.25) is 0 Å². The van der Waals surface area contributed by atoms with Crippen LogP contribution in [0.25, 0.3) is 0 Å². The second-order valence-electron chi connectivity index (χ2n) is 2.79. The average Bonchev–Trinajstić information content (AvgIpc) is 2.31. The first kappa shape index (κ1) is 9.69. The largest absolute Gasteiger partial charge is 0.264 e. The molecule has 0 N–H and O–H groups in total. The Morgan fingerprint density at radius 3 is 2.73 bits per heavy atom. The number of hydrogen-bond acceptors (Lipinski definition) is 4. The van der Waals surface area contributed by atoms with Gasteiger partial charge in [-0.1, -0.05) is 11.8 Å². The Hall–Kier alpha value is -1.86. The van der Waals surface area contributed by atoms with Crippen LogP contribution in [-0.4, -0.2) is 9.97 Å². The van der Waals surface area contributed by atoms with E-state index in [1.54, 1.807) is 24.7 Å². The van der Waals surface area contributed by atoms with E-state index in [1.165, 1.54) is 11.8 Å². The van der Waals surface area contributed by atoms with E-state index in [9.17, 15) is 0 Å². The van der Waals surface area contributed by atoms with E-state index in [1.807, 2.05) is 24.3 Å². The molecule has 0 saturated heterocycles. The van der Waals surface area contributed by atoms with Gasteiger partial charge in [-0.3, -0.25) is 4.98 Å². The van der Waals surface area contributed by atoms with Crippen molar-refractivity contribution in [1.82, 2.24) is 9.97 Å². The van der Waals surface area contributed by atoms with Crippen LogP contribution < -0.4 is 0 Å². The summed E-state index contributed by atoms with van der Waals surface area (Å²) in [5.74, 6) is 0. The molecule has 0 bridgehead atoms. The van der Waals surface area contributed by atoms with Crippen LogP contribution in [0.5, 0.6) is 0 Å². The van der Waals surface area contributed by atoms with Crippen molar-refractivity contribution in [2.24, 2.45) is 0 Å². The third kappa shape index (κ3) is 2.55. The third-order valence-electron chi connectivity index (χ3n) is 1.72. The first-order chi connectivity index (χ1) is 7.38. The molecule has 3 nitrogen and oxygen atoms in total. The van der Waals surface area contributed by atoms with Gasteiger partial charge in [0, 0.05) is 23.5 Å². The molecular weight excluding hydrogens is 206 g/mol. The predicted molar refractivity (Wildman–Crippen MR) is 57.3 cm³/mol. The Balaban J connectivity index is 2.16. The highest BCUT2D eigenvalue weighted by Gasteiger charge is 1.98. The number of nitriles is 1. The summed E-state index contributed by atoms with van der Waals surface area (Å²) in [5, 5.41) is 9.47. The lowest BCUT2D eigenvalue weighted by molar-refractivity contribution is 1.12. The average molecular weight is 213 g/mol. The molecule has 2 aromatic heterocycles. The molecule has 2 rings (SSSR count). The molecular formula is C11H7N3S. The SMILES string of the molecule is N#Cc1ccc(Sc2cccnc2)nc1. The predicted octanol–water partition coefficient (Wildman–Crippen LogP) is 2.50. The summed E-state index contributed by atoms with van der Waals surface area (Å²) < 4.78 is 0. The Labute approximate surface area is 91.8 Å². The standard InChI is InChI=1S/C11H7N3S/c12-6-9-3-4-11(14-7-9)15-10-2-1-5-13-8-10/h1-5,7-8H. The van der Waals surface area contributed by atoms with Crippen molar-refractivity contribution in [3.8, 4) is 6.07 Å². The zero-order valence-electron chi connectivity index (χ0n) is 7.79. The number of hydrogen-bond donors (Lipinski definition) is 0. The molecule has 0 amide bonds. The van der Waals surface area contributed by atoms with Crippen molar-refractivity contribution < 1.29 is 0 Å². The minimum Gasteiger partial charge on any atom is -0.264 e. The molecule has 15 heavy (non-hydrogen) atoms. The third-order valence-corrected chi connectivity index (χ3v) is 2.65. The number of nitrogens with zero attached hydrogens (tertiary/aromatic N) is 3. The first-order valence-electron chi connectivity index (χ1n) is 4.32. The molecule has 0 radical (unpaired) electrons. The zero-order valence-corrected chi connectivity index (χ0v) is 8.61. The van der Waals surface area contributed by atoms with Gasteiger partial charge >= 0.3 is 0 Å². The number of pyridine rings is 2. The minimum absolute atomic E-state index is 0.575. The van der Waals surface area contributed by atoms with Crippen molar-refractivity contribution in [1.29, 1.82) is 5.26 Å². The molecule has 0 aliphatic carbocycles. The fraction of sp³-hybridized carbons (Fsp3) is 0. The van der Waals surface area contributed by atoms with E-state index >= 15 is 0 Å². The number of aromatic nitrogens is 2. The van der Waals surface area contributed by atoms with Gasteiger partial charge in [-0.15, -0.1) is 0 Å². The normalized spacial score (nSPS) is 9.53. The highest BCUT2D eigenvalue weighted by atomic mass is 32.2. The second kappa shape index (κ2) is 4.58. The van der Waals surface area contributed by atoms with Crippen LogP contribution in [0.3, 0.4) is 0 Å². The Kier molecular flexibility index (Phi) is 2.96. The lowest BCUT2D eigenvalue weighted by Gasteiger charge is -1.98. The second-order valence-corrected chi connectivity index (χ2v) is 3.88. The Morgan fingerprint density at radius 2 is 2.13 bits per heavy atom. The van der Waals surface area contributed by atoms with Crippen molar-refractivity contribution in [3.63, 3.8) is 0 Å². The summed E-state index contributed by atoms with van der Waals surface area (Å²) in [6, 6.07) is 9.47. The monoisotopic (exact) mass is 213 g/mol. The maximum atomic E-state index is 8.61. The molecule has 2 heterocycles. The van der Waals surface area contributed by atoms with Crippen LogP contribution in [0.2, 0.25) is 0 Å². The fourth-order valence-electron chi connectivity index (χ4n) is 1.04. The fourth-order valence-corrected chi connectivity index (χ4v) is 1.78. The maximum absolute atomic E-state index is 8.61. The van der Waals surface area contributed by atoms with Gasteiger partial charge in [-0.2, -0.15) is 5.26 Å². The topological polar surface area (TPSA) is 49.6 Å². The lowest BCUT2D eigenvalue weighted by atomic mass is 10.3. The summed E-state index contributed by atoms with van der Waals surface area (Å²) in [6.45, 7) is 0. The maximum Gasteiger partial charge on any atom is 0.101 e. The summed E-state index contributed by atoms with van der Waals surface area (Å²) in [6.07, 6.45) is 5.08. The van der Waals surface area contributed by atoms with Gasteiger partial charge in [-0.05, 0) is 24.3 Å². The van der Waals surface area contributed by atoms with Gasteiger partial charge in [0.25, 0.3) is 0 Å². The molecule has 0 aliphatic heterocycles. The lowest BCUT2D eigenvalue weighted by Crippen LogP contribution is -1.81. The molecule has 2 aromatic rings. The highest BCUT2D eigenvalue weighted by Crippen LogP contribution is 2.24. The molecule has 4 heteroatoms. The Morgan fingerprint density at radius 1 is 1.20 bits per heavy atom. The van der Waals surface area contributed by atoms with Crippen molar-refractivity contribution in [3.05, 3.63) is 48.4 Å². The van der Waals surface area contributed by atoms with Gasteiger partial charge < -0.3 is 0 Å². The van der Waals surface area contributed by atoms with Crippen LogP contribution in [0.15, 0.2) is 52.8 Å². The van der Waals surface area contributed by atoms with Gasteiger partial charge in [0.05, 0.1) is 5.56 Å². The van der Waals surface area contributed by atoms with Crippen LogP contribution in [-0.2, 0) is 0 Å². The van der Waals surface area contributed by atoms with E-state index in [-0.39, 0.29) is 0 Å². The van der Waals surface area contributed by atoms with Crippen LogP contribution >= 0.6 is 11.8 Å². The molecule has 0 unspecified atom stereocenters. The van der Waals surface area contributed by atoms with Gasteiger partial charge in [-0.25, -0.2) is 4.98 Å². The van der Waals surface area contributed by atoms with E-state index in [0.29, 0.717) is 5.56 Å². The molecule has 0 fully saturated rings. The van der Waals surface area contributed by atoms with Crippen LogP contribution in [0.4, 0.5) is 0 Å². The quantitative estimate of drug-likeness (QED) is 0.769. The smallest absolute Gasteiger partial charge is 0.101 e. The molecule has 0 atom stereocenters. The molecule has 0 saturated carbocycles. The van der Waals surface area contributed by atoms with Gasteiger partial charge in [0.1, 0.15) is 11.1 Å². The van der Waals surface area contributed by atoms with E-state index in [2.05, 4.69) is 9.97 Å². The van der Waals surface area contributed by atoms with E-state index < -0.39 is 0 Å². The molecule has 0 aliphatic rings. The Bertz CT molecular complexity index is 473. The summed E-state index contributed by atoms with van der Waals surface area (Å²) in [5.41, 5.74) is 0.575. The van der Waals surface area contributed by atoms with E-state index in [0.717, 1.165) is 9.92 Å². The van der Waals surface area contributed by atoms with Crippen molar-refractivity contribution in [2.45, 2.75) is 9.92 Å². The summed E-state index contributed by atoms with van der Waals surface area (Å²) in [7, 11) is 0. The van der Waals surface area contributed by atoms with Crippen molar-refractivity contribution in [2.75, 3.05) is 0 Å². The summed E-state index contributed by atoms with van der Waals surface area (Å²) in [4.78, 5) is 9.21. The highest BCUT2D eigenvalue weighted by molar-refractivity contribution is 7.99. The first-order valence-corrected chi connectivity index (χ1v) is 5.14. The van der Waals surface area contributed by atoms with Crippen LogP contribution in [0.1, 0.15) is 5.56 Å². The van der Waals surface area contributed by atoms with Crippen molar-refractivity contribution >= 4 is 11.8 Å². The number of rotatable bonds is 2. The van der Waals surface area contributed by atoms with Gasteiger partial charge in [0.15, 0.2) is 0 Å².